The second-order valence-corrected chi connectivity index (χ2v) is 5.70. The smallest absolute Gasteiger partial charge is 1.00 e. The summed E-state index contributed by atoms with van der Waals surface area (Å²) in [6.07, 6.45) is 0. The summed E-state index contributed by atoms with van der Waals surface area (Å²) in [6, 6.07) is 0. The van der Waals surface area contributed by atoms with Crippen molar-refractivity contribution in [3.8, 4) is 0 Å². The molecule has 17 heavy (non-hydrogen) atoms. The molecule has 17 heteroatoms. The largest absolute Gasteiger partial charge is 1.00 e. The molecule has 0 saturated carbocycles. The van der Waals surface area contributed by atoms with Crippen molar-refractivity contribution >= 4 is 41.0 Å². The van der Waals surface area contributed by atoms with E-state index in [1.54, 1.807) is 0 Å². The zero-order valence-corrected chi connectivity index (χ0v) is 13.0. The van der Waals surface area contributed by atoms with Gasteiger partial charge < -0.3 is 1.43 Å². The molecule has 104 valence electrons. The molecule has 0 saturated heterocycles. The van der Waals surface area contributed by atoms with Gasteiger partial charge in [0.05, 0.1) is 0 Å². The van der Waals surface area contributed by atoms with Gasteiger partial charge in [0.25, 0.3) is 20.2 Å². The molecular formula is H7NaO12S4. The molecule has 0 heterocycles. The Hall–Kier alpha value is 0.960. The van der Waals surface area contributed by atoms with E-state index < -0.39 is 41.0 Å². The fourth-order valence-corrected chi connectivity index (χ4v) is 0. The first kappa shape index (κ1) is 26.5. The molecule has 6 N–H and O–H groups in total. The van der Waals surface area contributed by atoms with Gasteiger partial charge in [0.15, 0.2) is 0 Å². The maximum atomic E-state index is 9.26. The van der Waals surface area contributed by atoms with E-state index in [0.717, 1.165) is 0 Å². The molecule has 0 aromatic rings. The summed E-state index contributed by atoms with van der Waals surface area (Å²) in [5, 5.41) is 0. The molecule has 0 amide bonds. The third-order valence-electron chi connectivity index (χ3n) is 0.122. The standard InChI is InChI=1S/Na.H2O4S2.2H2O4S.H/c;1-5(2)6(3)4;2*1-5(2,3)4;/h;(H,1,2)(H,3,4);2*(H2,1,2,3,4);/q+1;;;;-1. The van der Waals surface area contributed by atoms with E-state index >= 15 is 0 Å². The Balaban J connectivity index is -0.0000000447. The third kappa shape index (κ3) is 154. The van der Waals surface area contributed by atoms with Gasteiger partial charge in [-0.1, -0.05) is 0 Å². The summed E-state index contributed by atoms with van der Waals surface area (Å²) < 4.78 is 96.8. The fraction of sp³-hybridized carbons (Fsp3) is 0. The van der Waals surface area contributed by atoms with Gasteiger partial charge in [-0.15, -0.1) is 0 Å². The van der Waals surface area contributed by atoms with Crippen molar-refractivity contribution in [2.24, 2.45) is 0 Å². The number of hydrogen-bond acceptors (Lipinski definition) is 6. The van der Waals surface area contributed by atoms with E-state index in [4.69, 9.17) is 44.2 Å². The van der Waals surface area contributed by atoms with Crippen LogP contribution in [-0.4, -0.2) is 52.6 Å². The van der Waals surface area contributed by atoms with Crippen molar-refractivity contribution in [1.29, 1.82) is 0 Å². The second kappa shape index (κ2) is 12.0. The third-order valence-corrected chi connectivity index (χ3v) is 1.10. The minimum atomic E-state index is -4.67. The molecule has 12 nitrogen and oxygen atoms in total. The van der Waals surface area contributed by atoms with Crippen LogP contribution in [0.3, 0.4) is 0 Å². The quantitative estimate of drug-likeness (QED) is 0.113. The molecule has 0 aliphatic rings. The monoisotopic (exact) mass is 350 g/mol. The Morgan fingerprint density at radius 3 is 0.765 bits per heavy atom. The fourth-order valence-electron chi connectivity index (χ4n) is 0. The molecule has 0 bridgehead atoms. The first-order chi connectivity index (χ1) is 6.64. The first-order valence-corrected chi connectivity index (χ1v) is 7.79. The Kier molecular flexibility index (Phi) is 18.7. The molecular weight excluding hydrogens is 343 g/mol. The molecule has 0 spiro atoms. The molecule has 0 aliphatic heterocycles. The van der Waals surface area contributed by atoms with Crippen LogP contribution >= 0.6 is 0 Å². The van der Waals surface area contributed by atoms with Gasteiger partial charge in [-0.2, -0.15) is 16.8 Å². The molecule has 0 aliphatic carbocycles. The van der Waals surface area contributed by atoms with Crippen LogP contribution in [0.25, 0.3) is 0 Å². The van der Waals surface area contributed by atoms with Crippen LogP contribution in [0, 0.1) is 0 Å². The van der Waals surface area contributed by atoms with Gasteiger partial charge in [0.1, 0.15) is 0 Å². The van der Waals surface area contributed by atoms with Gasteiger partial charge in [-0.25, -0.2) is 8.42 Å². The SMILES string of the molecule is O=S(=O)(O)O.O=S(=O)(O)O.O=S(O)S(=O)O.[H-].[Na+]. The van der Waals surface area contributed by atoms with Crippen molar-refractivity contribution in [2.45, 2.75) is 0 Å². The number of rotatable bonds is 1. The van der Waals surface area contributed by atoms with E-state index in [0.29, 0.717) is 0 Å². The average molecular weight is 350 g/mol. The van der Waals surface area contributed by atoms with Crippen molar-refractivity contribution in [3.05, 3.63) is 0 Å². The Labute approximate surface area is 124 Å². The summed E-state index contributed by atoms with van der Waals surface area (Å²) in [4.78, 5) is 0. The van der Waals surface area contributed by atoms with Crippen molar-refractivity contribution < 1.29 is 83.6 Å². The normalized spacial score (nSPS) is 13.8. The van der Waals surface area contributed by atoms with Crippen LogP contribution in [-0.2, 0) is 41.0 Å². The molecule has 0 radical (unpaired) electrons. The molecule has 0 fully saturated rings. The first-order valence-electron chi connectivity index (χ1n) is 2.26. The van der Waals surface area contributed by atoms with Crippen molar-refractivity contribution in [2.75, 3.05) is 0 Å². The van der Waals surface area contributed by atoms with Crippen molar-refractivity contribution in [3.63, 3.8) is 0 Å². The summed E-state index contributed by atoms with van der Waals surface area (Å²) in [5.74, 6) is 0. The molecule has 2 atom stereocenters. The Morgan fingerprint density at radius 2 is 0.765 bits per heavy atom. The summed E-state index contributed by atoms with van der Waals surface area (Å²) in [5.41, 5.74) is 0. The van der Waals surface area contributed by atoms with Crippen LogP contribution in [0.5, 0.6) is 0 Å². The maximum Gasteiger partial charge on any atom is 1.00 e. The van der Waals surface area contributed by atoms with Gasteiger partial charge in [0.2, 0.25) is 0 Å². The minimum absolute atomic E-state index is 0. The van der Waals surface area contributed by atoms with Gasteiger partial charge in [0, 0.05) is 0 Å². The van der Waals surface area contributed by atoms with Crippen LogP contribution in [0.1, 0.15) is 1.43 Å². The van der Waals surface area contributed by atoms with Crippen LogP contribution < -0.4 is 29.6 Å². The van der Waals surface area contributed by atoms with Gasteiger partial charge >= 0.3 is 50.4 Å². The number of hydrogen-bond donors (Lipinski definition) is 6. The van der Waals surface area contributed by atoms with Crippen LogP contribution in [0.2, 0.25) is 0 Å². The zero-order valence-electron chi connectivity index (χ0n) is 8.77. The van der Waals surface area contributed by atoms with Crippen LogP contribution in [0.15, 0.2) is 0 Å². The van der Waals surface area contributed by atoms with E-state index in [1.807, 2.05) is 0 Å². The predicted molar refractivity (Wildman–Crippen MR) is 51.0 cm³/mol. The minimum Gasteiger partial charge on any atom is -1.00 e. The molecule has 0 aromatic heterocycles. The topological polar surface area (TPSA) is 224 Å². The van der Waals surface area contributed by atoms with E-state index in [1.165, 1.54) is 0 Å². The van der Waals surface area contributed by atoms with E-state index in [9.17, 15) is 8.42 Å². The van der Waals surface area contributed by atoms with E-state index in [2.05, 4.69) is 0 Å². The average Bonchev–Trinajstić information content (AvgIpc) is 1.77. The molecule has 2 unspecified atom stereocenters. The summed E-state index contributed by atoms with van der Waals surface area (Å²) in [7, 11) is -14.5. The summed E-state index contributed by atoms with van der Waals surface area (Å²) in [6.45, 7) is 0. The Bertz CT molecular complexity index is 359. The van der Waals surface area contributed by atoms with Gasteiger partial charge in [-0.05, 0) is 0 Å². The second-order valence-electron chi connectivity index (χ2n) is 1.33. The zero-order chi connectivity index (χ0) is 14.2. The Morgan fingerprint density at radius 1 is 0.706 bits per heavy atom. The molecule has 0 aromatic carbocycles. The maximum absolute atomic E-state index is 9.26. The molecule has 0 rings (SSSR count). The van der Waals surface area contributed by atoms with Crippen LogP contribution in [0.4, 0.5) is 0 Å². The van der Waals surface area contributed by atoms with Gasteiger partial charge in [-0.3, -0.25) is 27.3 Å². The predicted octanol–water partition coefficient (Wildman–Crippen LogP) is -4.84. The van der Waals surface area contributed by atoms with E-state index in [-0.39, 0.29) is 31.0 Å². The summed E-state index contributed by atoms with van der Waals surface area (Å²) >= 11 is 0. The van der Waals surface area contributed by atoms with Crippen molar-refractivity contribution in [1.82, 2.24) is 0 Å².